The summed E-state index contributed by atoms with van der Waals surface area (Å²) in [5.41, 5.74) is 1.40. The highest BCUT2D eigenvalue weighted by Crippen LogP contribution is 2.38. The molecule has 0 spiro atoms. The first-order valence-corrected chi connectivity index (χ1v) is 11.1. The number of fused-ring (bicyclic) bond motifs is 1. The largest absolute Gasteiger partial charge is 0.544 e. The van der Waals surface area contributed by atoms with Crippen molar-refractivity contribution in [1.29, 1.82) is 0 Å². The van der Waals surface area contributed by atoms with E-state index in [1.165, 1.54) is 16.2 Å². The van der Waals surface area contributed by atoms with Crippen LogP contribution < -0.4 is 20.6 Å². The molecule has 0 radical (unpaired) electrons. The molecule has 0 bridgehead atoms. The molecule has 0 saturated carbocycles. The van der Waals surface area contributed by atoms with Crippen molar-refractivity contribution < 1.29 is 34.4 Å². The van der Waals surface area contributed by atoms with E-state index in [1.54, 1.807) is 12.2 Å². The van der Waals surface area contributed by atoms with Gasteiger partial charge in [0.1, 0.15) is 11.0 Å². The molecule has 0 aliphatic heterocycles. The molecule has 1 aliphatic rings. The van der Waals surface area contributed by atoms with Gasteiger partial charge in [0.05, 0.1) is 51.7 Å². The second-order valence-electron chi connectivity index (χ2n) is 7.65. The number of esters is 1. The first kappa shape index (κ1) is 23.3. The first-order chi connectivity index (χ1) is 13.8. The van der Waals surface area contributed by atoms with Crippen LogP contribution in [0.15, 0.2) is 0 Å². The summed E-state index contributed by atoms with van der Waals surface area (Å²) in [6.45, 7) is 3.53. The van der Waals surface area contributed by atoms with Crippen molar-refractivity contribution in [2.24, 2.45) is 0 Å². The number of anilines is 1. The van der Waals surface area contributed by atoms with E-state index < -0.39 is 23.9 Å². The average molecular weight is 427 g/mol. The van der Waals surface area contributed by atoms with Crippen molar-refractivity contribution >= 4 is 34.2 Å². The number of ether oxygens (including phenoxy) is 1. The standard InChI is InChI=1S/C20H31N3O5S/c1-4-28-20(27)17-13-8-5-6-9-15(13)29-18(17)22-16(24)12-14(19(25)26)21-10-7-11-23(2)3/h14,21H,4-12H2,1-3H3,(H,22,24)(H,25,26)/p+1/t14-/m1/s1. The second-order valence-corrected chi connectivity index (χ2v) is 8.75. The topological polar surface area (TPSA) is 117 Å². The minimum Gasteiger partial charge on any atom is -0.544 e. The molecule has 0 fully saturated rings. The molecule has 1 aromatic heterocycles. The fourth-order valence-corrected chi connectivity index (χ4v) is 4.78. The zero-order chi connectivity index (χ0) is 21.4. The molecule has 4 N–H and O–H groups in total. The highest BCUT2D eigenvalue weighted by molar-refractivity contribution is 7.17. The summed E-state index contributed by atoms with van der Waals surface area (Å²) in [6.07, 6.45) is 4.37. The van der Waals surface area contributed by atoms with Crippen LogP contribution in [0.25, 0.3) is 0 Å². The third-order valence-electron chi connectivity index (χ3n) is 4.94. The minimum atomic E-state index is -1.26. The molecule has 1 heterocycles. The van der Waals surface area contributed by atoms with Crippen molar-refractivity contribution in [3.8, 4) is 0 Å². The van der Waals surface area contributed by atoms with E-state index in [1.807, 2.05) is 14.1 Å². The summed E-state index contributed by atoms with van der Waals surface area (Å²) < 4.78 is 5.18. The van der Waals surface area contributed by atoms with Gasteiger partial charge in [-0.3, -0.25) is 4.79 Å². The van der Waals surface area contributed by atoms with E-state index in [0.29, 0.717) is 17.1 Å². The quantitative estimate of drug-likeness (QED) is 0.290. The van der Waals surface area contributed by atoms with Gasteiger partial charge in [0.15, 0.2) is 0 Å². The van der Waals surface area contributed by atoms with Crippen molar-refractivity contribution in [3.63, 3.8) is 0 Å². The maximum Gasteiger partial charge on any atom is 0.341 e. The molecule has 0 aromatic carbocycles. The fourth-order valence-electron chi connectivity index (χ4n) is 3.49. The number of nitrogens with two attached hydrogens (primary N) is 1. The van der Waals surface area contributed by atoms with Gasteiger partial charge < -0.3 is 30.2 Å². The molecule has 162 valence electrons. The lowest BCUT2D eigenvalue weighted by Crippen LogP contribution is -3.06. The number of carbonyl (C=O) groups is 3. The fraction of sp³-hybridized carbons (Fsp3) is 0.650. The third kappa shape index (κ3) is 6.80. The van der Waals surface area contributed by atoms with Crippen LogP contribution >= 0.6 is 11.3 Å². The molecular weight excluding hydrogens is 394 g/mol. The Balaban J connectivity index is 2.05. The van der Waals surface area contributed by atoms with E-state index in [9.17, 15) is 19.5 Å². The number of rotatable bonds is 11. The van der Waals surface area contributed by atoms with E-state index in [-0.39, 0.29) is 13.0 Å². The Labute approximate surface area is 175 Å². The number of carboxylic acid groups (broad SMARTS) is 1. The molecule has 0 saturated heterocycles. The maximum absolute atomic E-state index is 12.5. The van der Waals surface area contributed by atoms with Gasteiger partial charge in [-0.15, -0.1) is 11.3 Å². The molecule has 29 heavy (non-hydrogen) atoms. The Morgan fingerprint density at radius 3 is 2.66 bits per heavy atom. The van der Waals surface area contributed by atoms with Crippen LogP contribution in [-0.4, -0.2) is 57.7 Å². The van der Waals surface area contributed by atoms with E-state index >= 15 is 0 Å². The molecule has 1 aromatic rings. The van der Waals surface area contributed by atoms with Gasteiger partial charge >= 0.3 is 5.97 Å². The first-order valence-electron chi connectivity index (χ1n) is 10.3. The van der Waals surface area contributed by atoms with Gasteiger partial charge in [-0.1, -0.05) is 0 Å². The van der Waals surface area contributed by atoms with Crippen molar-refractivity contribution in [1.82, 2.24) is 0 Å². The minimum absolute atomic E-state index is 0.206. The van der Waals surface area contributed by atoms with Gasteiger partial charge in [0, 0.05) is 11.3 Å². The summed E-state index contributed by atoms with van der Waals surface area (Å²) in [5.74, 6) is -2.12. The van der Waals surface area contributed by atoms with Crippen LogP contribution in [0.1, 0.15) is 53.4 Å². The number of amides is 1. The van der Waals surface area contributed by atoms with Gasteiger partial charge in [-0.2, -0.15) is 0 Å². The number of quaternary nitrogens is 2. The molecular formula is C20H32N3O5S+. The molecule has 1 amide bonds. The summed E-state index contributed by atoms with van der Waals surface area (Å²) in [6, 6.07) is -0.951. The predicted octanol–water partition coefficient (Wildman–Crippen LogP) is -1.65. The summed E-state index contributed by atoms with van der Waals surface area (Å²) in [7, 11) is 4.07. The Hall–Kier alpha value is -1.97. The highest BCUT2D eigenvalue weighted by atomic mass is 32.1. The molecule has 8 nitrogen and oxygen atoms in total. The zero-order valence-electron chi connectivity index (χ0n) is 17.5. The Morgan fingerprint density at radius 1 is 1.28 bits per heavy atom. The Kier molecular flexibility index (Phi) is 9.06. The SMILES string of the molecule is CCOC(=O)c1c(NC(=O)C[C@@H]([NH2+]CCC[NH+](C)C)C(=O)[O-])sc2c1CCCC2. The summed E-state index contributed by atoms with van der Waals surface area (Å²) in [4.78, 5) is 38.8. The monoisotopic (exact) mass is 426 g/mol. The van der Waals surface area contributed by atoms with Gasteiger partial charge in [0.25, 0.3) is 0 Å². The molecule has 1 aliphatic carbocycles. The number of hydrogen-bond acceptors (Lipinski definition) is 6. The number of carboxylic acids is 1. The normalized spacial score (nSPS) is 14.3. The smallest absolute Gasteiger partial charge is 0.341 e. The van der Waals surface area contributed by atoms with E-state index in [2.05, 4.69) is 5.32 Å². The lowest BCUT2D eigenvalue weighted by Gasteiger charge is -2.17. The predicted molar refractivity (Wildman–Crippen MR) is 108 cm³/mol. The second kappa shape index (κ2) is 11.3. The lowest BCUT2D eigenvalue weighted by molar-refractivity contribution is -0.860. The summed E-state index contributed by atoms with van der Waals surface area (Å²) in [5, 5.41) is 16.3. The van der Waals surface area contributed by atoms with Crippen LogP contribution in [0.2, 0.25) is 0 Å². The van der Waals surface area contributed by atoms with Gasteiger partial charge in [0.2, 0.25) is 5.91 Å². The number of hydrogen-bond donors (Lipinski definition) is 3. The van der Waals surface area contributed by atoms with Crippen LogP contribution in [0.4, 0.5) is 5.00 Å². The van der Waals surface area contributed by atoms with Crippen LogP contribution in [0, 0.1) is 0 Å². The molecule has 0 unspecified atom stereocenters. The highest BCUT2D eigenvalue weighted by Gasteiger charge is 2.28. The third-order valence-corrected chi connectivity index (χ3v) is 6.15. The Bertz CT molecular complexity index is 732. The number of aliphatic carboxylic acids is 1. The number of nitrogens with one attached hydrogen (secondary N) is 2. The molecule has 1 atom stereocenters. The van der Waals surface area contributed by atoms with Gasteiger partial charge in [-0.25, -0.2) is 4.79 Å². The van der Waals surface area contributed by atoms with E-state index in [0.717, 1.165) is 49.1 Å². The number of aryl methyl sites for hydroxylation is 1. The summed E-state index contributed by atoms with van der Waals surface area (Å²) >= 11 is 1.40. The van der Waals surface area contributed by atoms with Gasteiger partial charge in [-0.05, 0) is 38.2 Å². The zero-order valence-corrected chi connectivity index (χ0v) is 18.3. The van der Waals surface area contributed by atoms with Crippen molar-refractivity contribution in [2.45, 2.75) is 51.5 Å². The van der Waals surface area contributed by atoms with Crippen LogP contribution in [0.5, 0.6) is 0 Å². The van der Waals surface area contributed by atoms with Crippen LogP contribution in [0.3, 0.4) is 0 Å². The Morgan fingerprint density at radius 2 is 2.00 bits per heavy atom. The van der Waals surface area contributed by atoms with Crippen molar-refractivity contribution in [2.75, 3.05) is 39.1 Å². The van der Waals surface area contributed by atoms with Crippen molar-refractivity contribution in [3.05, 3.63) is 16.0 Å². The number of carbonyl (C=O) groups excluding carboxylic acids is 3. The van der Waals surface area contributed by atoms with E-state index in [4.69, 9.17) is 4.74 Å². The van der Waals surface area contributed by atoms with Crippen LogP contribution in [-0.2, 0) is 27.2 Å². The number of thiophene rings is 1. The maximum atomic E-state index is 12.5. The molecule has 9 heteroatoms. The molecule has 2 rings (SSSR count). The lowest BCUT2D eigenvalue weighted by atomic mass is 9.95. The average Bonchev–Trinajstić information content (AvgIpc) is 3.01.